The van der Waals surface area contributed by atoms with Crippen LogP contribution in [0.1, 0.15) is 31.2 Å². The molecule has 0 aromatic heterocycles. The van der Waals surface area contributed by atoms with Crippen molar-refractivity contribution >= 4 is 29.1 Å². The highest BCUT2D eigenvalue weighted by molar-refractivity contribution is 6.35. The fraction of sp³-hybridized carbons (Fsp3) is 0.533. The van der Waals surface area contributed by atoms with Crippen molar-refractivity contribution in [3.8, 4) is 0 Å². The van der Waals surface area contributed by atoms with E-state index >= 15 is 0 Å². The summed E-state index contributed by atoms with van der Waals surface area (Å²) in [6, 6.07) is 5.44. The smallest absolute Gasteiger partial charge is 0.227 e. The van der Waals surface area contributed by atoms with Crippen molar-refractivity contribution in [3.05, 3.63) is 33.8 Å². The van der Waals surface area contributed by atoms with Gasteiger partial charge in [-0.3, -0.25) is 4.79 Å². The minimum Gasteiger partial charge on any atom is -0.341 e. The van der Waals surface area contributed by atoms with Gasteiger partial charge in [0.15, 0.2) is 0 Å². The lowest BCUT2D eigenvalue weighted by Crippen LogP contribution is -2.50. The fourth-order valence-electron chi connectivity index (χ4n) is 2.76. The van der Waals surface area contributed by atoms with Gasteiger partial charge in [-0.15, -0.1) is 0 Å². The van der Waals surface area contributed by atoms with E-state index in [0.29, 0.717) is 10.0 Å². The number of nitrogens with two attached hydrogens (primary N) is 1. The van der Waals surface area contributed by atoms with E-state index in [2.05, 4.69) is 0 Å². The molecular weight excluding hydrogens is 295 g/mol. The van der Waals surface area contributed by atoms with Crippen molar-refractivity contribution in [1.29, 1.82) is 0 Å². The Hall–Kier alpha value is -0.770. The quantitative estimate of drug-likeness (QED) is 0.930. The predicted molar refractivity (Wildman–Crippen MR) is 83.2 cm³/mol. The summed E-state index contributed by atoms with van der Waals surface area (Å²) in [5.41, 5.74) is 6.93. The zero-order valence-electron chi connectivity index (χ0n) is 11.6. The van der Waals surface area contributed by atoms with Gasteiger partial charge in [-0.05, 0) is 30.5 Å². The summed E-state index contributed by atoms with van der Waals surface area (Å²) < 4.78 is 0. The highest BCUT2D eigenvalue weighted by Gasteiger charge is 2.28. The van der Waals surface area contributed by atoms with Gasteiger partial charge in [-0.25, -0.2) is 0 Å². The van der Waals surface area contributed by atoms with Gasteiger partial charge >= 0.3 is 0 Å². The van der Waals surface area contributed by atoms with Gasteiger partial charge in [0.05, 0.1) is 6.42 Å². The molecule has 1 aliphatic rings. The highest BCUT2D eigenvalue weighted by Crippen LogP contribution is 2.24. The number of hydrogen-bond donors (Lipinski definition) is 1. The molecule has 20 heavy (non-hydrogen) atoms. The Morgan fingerprint density at radius 1 is 1.35 bits per heavy atom. The molecule has 1 aromatic carbocycles. The summed E-state index contributed by atoms with van der Waals surface area (Å²) in [5.74, 6) is 0.0524. The number of nitrogens with zero attached hydrogens (tertiary/aromatic N) is 1. The molecule has 1 aliphatic carbocycles. The molecular formula is C15H20Cl2N2O. The van der Waals surface area contributed by atoms with E-state index in [1.54, 1.807) is 23.1 Å². The molecule has 0 saturated heterocycles. The van der Waals surface area contributed by atoms with E-state index in [4.69, 9.17) is 28.9 Å². The van der Waals surface area contributed by atoms with Gasteiger partial charge in [-0.1, -0.05) is 42.1 Å². The first-order valence-corrected chi connectivity index (χ1v) is 7.70. The van der Waals surface area contributed by atoms with Crippen LogP contribution in [-0.2, 0) is 11.2 Å². The van der Waals surface area contributed by atoms with Gasteiger partial charge in [0.25, 0.3) is 0 Å². The number of benzene rings is 1. The Bertz CT molecular complexity index is 493. The molecule has 2 N–H and O–H groups in total. The van der Waals surface area contributed by atoms with Crippen LogP contribution in [0.5, 0.6) is 0 Å². The molecule has 3 nitrogen and oxygen atoms in total. The van der Waals surface area contributed by atoms with Gasteiger partial charge in [-0.2, -0.15) is 0 Å². The van der Waals surface area contributed by atoms with Crippen molar-refractivity contribution in [3.63, 3.8) is 0 Å². The van der Waals surface area contributed by atoms with Crippen LogP contribution in [0.3, 0.4) is 0 Å². The number of carbonyl (C=O) groups excluding carboxylic acids is 1. The second-order valence-electron chi connectivity index (χ2n) is 5.43. The lowest BCUT2D eigenvalue weighted by atomic mass is 9.90. The summed E-state index contributed by atoms with van der Waals surface area (Å²) in [7, 11) is 1.84. The molecule has 5 heteroatoms. The molecule has 0 aliphatic heterocycles. The fourth-order valence-corrected chi connectivity index (χ4v) is 3.23. The number of likely N-dealkylation sites (N-methyl/N-ethyl adjacent to an activating group) is 1. The maximum atomic E-state index is 12.4. The normalized spacial score (nSPS) is 22.6. The Balaban J connectivity index is 2.03. The van der Waals surface area contributed by atoms with Crippen LogP contribution in [0.25, 0.3) is 0 Å². The number of carbonyl (C=O) groups is 1. The number of hydrogen-bond acceptors (Lipinski definition) is 2. The number of amides is 1. The third kappa shape index (κ3) is 3.66. The van der Waals surface area contributed by atoms with Crippen molar-refractivity contribution in [2.45, 2.75) is 44.2 Å². The molecule has 1 fully saturated rings. The first kappa shape index (κ1) is 15.6. The molecule has 0 unspecified atom stereocenters. The van der Waals surface area contributed by atoms with Gasteiger partial charge < -0.3 is 10.6 Å². The summed E-state index contributed by atoms with van der Waals surface area (Å²) in [5, 5.41) is 1.11. The highest BCUT2D eigenvalue weighted by atomic mass is 35.5. The van der Waals surface area contributed by atoms with Crippen molar-refractivity contribution in [1.82, 2.24) is 4.90 Å². The predicted octanol–water partition coefficient (Wildman–Crippen LogP) is 3.26. The average Bonchev–Trinajstić information content (AvgIpc) is 2.41. The van der Waals surface area contributed by atoms with Crippen molar-refractivity contribution in [2.75, 3.05) is 7.05 Å². The van der Waals surface area contributed by atoms with E-state index < -0.39 is 0 Å². The summed E-state index contributed by atoms with van der Waals surface area (Å²) in [6.07, 6.45) is 4.55. The molecule has 2 rings (SSSR count). The Labute approximate surface area is 130 Å². The van der Waals surface area contributed by atoms with Crippen LogP contribution >= 0.6 is 23.2 Å². The van der Waals surface area contributed by atoms with E-state index in [1.807, 2.05) is 7.05 Å². The van der Waals surface area contributed by atoms with Crippen LogP contribution < -0.4 is 5.73 Å². The van der Waals surface area contributed by atoms with E-state index in [-0.39, 0.29) is 24.4 Å². The molecule has 0 bridgehead atoms. The minimum absolute atomic E-state index is 0.0524. The second kappa shape index (κ2) is 6.79. The Morgan fingerprint density at radius 2 is 2.05 bits per heavy atom. The topological polar surface area (TPSA) is 46.3 Å². The van der Waals surface area contributed by atoms with Crippen LogP contribution in [0.15, 0.2) is 18.2 Å². The zero-order chi connectivity index (χ0) is 14.7. The molecule has 1 saturated carbocycles. The molecule has 0 radical (unpaired) electrons. The maximum Gasteiger partial charge on any atom is 0.227 e. The maximum absolute atomic E-state index is 12.4. The van der Waals surface area contributed by atoms with E-state index in [1.165, 1.54) is 0 Å². The standard InChI is InChI=1S/C15H20Cl2N2O/c1-19(14-5-3-2-4-13(14)18)15(20)8-10-6-7-11(16)9-12(10)17/h6-7,9,13-14H,2-5,8,18H2,1H3/t13-,14-/m0/s1. The van der Waals surface area contributed by atoms with Crippen LogP contribution in [0, 0.1) is 0 Å². The summed E-state index contributed by atoms with van der Waals surface area (Å²) in [6.45, 7) is 0. The summed E-state index contributed by atoms with van der Waals surface area (Å²) >= 11 is 12.0. The average molecular weight is 315 g/mol. The Kier molecular flexibility index (Phi) is 5.30. The first-order valence-electron chi connectivity index (χ1n) is 6.94. The lowest BCUT2D eigenvalue weighted by molar-refractivity contribution is -0.132. The van der Waals surface area contributed by atoms with Crippen LogP contribution in [0.2, 0.25) is 10.0 Å². The minimum atomic E-state index is 0.0524. The first-order chi connectivity index (χ1) is 9.49. The number of rotatable bonds is 3. The molecule has 1 amide bonds. The van der Waals surface area contributed by atoms with Crippen LogP contribution in [-0.4, -0.2) is 29.9 Å². The SMILES string of the molecule is CN(C(=O)Cc1ccc(Cl)cc1Cl)[C@H]1CCCC[C@@H]1N. The van der Waals surface area contributed by atoms with Crippen molar-refractivity contribution in [2.24, 2.45) is 5.73 Å². The largest absolute Gasteiger partial charge is 0.341 e. The van der Waals surface area contributed by atoms with E-state index in [0.717, 1.165) is 31.2 Å². The molecule has 0 heterocycles. The van der Waals surface area contributed by atoms with Gasteiger partial charge in [0.2, 0.25) is 5.91 Å². The third-order valence-electron chi connectivity index (χ3n) is 4.03. The molecule has 110 valence electrons. The van der Waals surface area contributed by atoms with Crippen LogP contribution in [0.4, 0.5) is 0 Å². The van der Waals surface area contributed by atoms with E-state index in [9.17, 15) is 4.79 Å². The Morgan fingerprint density at radius 3 is 2.70 bits per heavy atom. The molecule has 1 aromatic rings. The summed E-state index contributed by atoms with van der Waals surface area (Å²) in [4.78, 5) is 14.2. The molecule has 2 atom stereocenters. The third-order valence-corrected chi connectivity index (χ3v) is 4.62. The monoisotopic (exact) mass is 314 g/mol. The number of halogens is 2. The van der Waals surface area contributed by atoms with Gasteiger partial charge in [0, 0.05) is 29.2 Å². The zero-order valence-corrected chi connectivity index (χ0v) is 13.1. The lowest BCUT2D eigenvalue weighted by Gasteiger charge is -2.36. The van der Waals surface area contributed by atoms with Crippen molar-refractivity contribution < 1.29 is 4.79 Å². The molecule has 0 spiro atoms. The second-order valence-corrected chi connectivity index (χ2v) is 6.28. The van der Waals surface area contributed by atoms with Gasteiger partial charge in [0.1, 0.15) is 0 Å².